The predicted molar refractivity (Wildman–Crippen MR) is 65.6 cm³/mol. The molecule has 3 fully saturated rings. The Hall–Kier alpha value is -0.870. The SMILES string of the molecule is NC1CCN(C2CC2)C1c1cncn1C1CC1. The maximum Gasteiger partial charge on any atom is 0.0951 e. The third-order valence-corrected chi connectivity index (χ3v) is 4.44. The van der Waals surface area contributed by atoms with Gasteiger partial charge in [-0.25, -0.2) is 4.98 Å². The molecule has 1 aromatic rings. The average molecular weight is 232 g/mol. The number of rotatable bonds is 3. The van der Waals surface area contributed by atoms with Crippen LogP contribution in [-0.2, 0) is 0 Å². The number of imidazole rings is 1. The summed E-state index contributed by atoms with van der Waals surface area (Å²) < 4.78 is 2.38. The maximum atomic E-state index is 6.33. The van der Waals surface area contributed by atoms with Crippen molar-refractivity contribution in [2.24, 2.45) is 5.73 Å². The molecule has 0 spiro atoms. The molecule has 4 heteroatoms. The molecule has 92 valence electrons. The molecule has 2 heterocycles. The van der Waals surface area contributed by atoms with E-state index in [0.717, 1.165) is 12.5 Å². The van der Waals surface area contributed by atoms with E-state index in [9.17, 15) is 0 Å². The van der Waals surface area contributed by atoms with Crippen LogP contribution in [0.15, 0.2) is 12.5 Å². The Labute approximate surface area is 102 Å². The summed E-state index contributed by atoms with van der Waals surface area (Å²) in [5.41, 5.74) is 7.70. The average Bonchev–Trinajstić information content (AvgIpc) is 3.25. The Kier molecular flexibility index (Phi) is 2.11. The van der Waals surface area contributed by atoms with Crippen LogP contribution in [0.4, 0.5) is 0 Å². The van der Waals surface area contributed by atoms with Gasteiger partial charge in [0.25, 0.3) is 0 Å². The standard InChI is InChI=1S/C13H20N4/c14-11-5-6-16(9-1-2-9)13(11)12-7-15-8-17(12)10-3-4-10/h7-11,13H,1-6,14H2. The minimum atomic E-state index is 0.296. The van der Waals surface area contributed by atoms with Crippen molar-refractivity contribution >= 4 is 0 Å². The van der Waals surface area contributed by atoms with Crippen LogP contribution < -0.4 is 5.73 Å². The summed E-state index contributed by atoms with van der Waals surface area (Å²) in [5.74, 6) is 0. The first kappa shape index (κ1) is 10.1. The molecule has 2 saturated carbocycles. The van der Waals surface area contributed by atoms with Crippen molar-refractivity contribution in [2.45, 2.75) is 56.3 Å². The number of hydrogen-bond acceptors (Lipinski definition) is 3. The molecule has 2 atom stereocenters. The topological polar surface area (TPSA) is 47.1 Å². The van der Waals surface area contributed by atoms with E-state index in [4.69, 9.17) is 5.73 Å². The van der Waals surface area contributed by atoms with Gasteiger partial charge in [0.1, 0.15) is 0 Å². The highest BCUT2D eigenvalue weighted by Crippen LogP contribution is 2.43. The molecule has 2 unspecified atom stereocenters. The summed E-state index contributed by atoms with van der Waals surface area (Å²) in [5, 5.41) is 0. The lowest BCUT2D eigenvalue weighted by Gasteiger charge is -2.27. The minimum Gasteiger partial charge on any atom is -0.330 e. The largest absolute Gasteiger partial charge is 0.330 e. The first-order valence-corrected chi connectivity index (χ1v) is 6.87. The Morgan fingerprint density at radius 3 is 2.59 bits per heavy atom. The van der Waals surface area contributed by atoms with E-state index in [1.54, 1.807) is 0 Å². The molecule has 1 aliphatic heterocycles. The van der Waals surface area contributed by atoms with Gasteiger partial charge < -0.3 is 10.3 Å². The lowest BCUT2D eigenvalue weighted by Crippen LogP contribution is -2.34. The van der Waals surface area contributed by atoms with Crippen molar-refractivity contribution in [3.8, 4) is 0 Å². The zero-order valence-corrected chi connectivity index (χ0v) is 10.1. The first-order chi connectivity index (χ1) is 8.34. The summed E-state index contributed by atoms with van der Waals surface area (Å²) in [7, 11) is 0. The van der Waals surface area contributed by atoms with Crippen molar-refractivity contribution in [3.05, 3.63) is 18.2 Å². The van der Waals surface area contributed by atoms with Crippen LogP contribution in [0.2, 0.25) is 0 Å². The lowest BCUT2D eigenvalue weighted by molar-refractivity contribution is 0.228. The highest BCUT2D eigenvalue weighted by Gasteiger charge is 2.43. The van der Waals surface area contributed by atoms with Gasteiger partial charge in [-0.15, -0.1) is 0 Å². The van der Waals surface area contributed by atoms with E-state index in [1.165, 1.54) is 37.9 Å². The number of aromatic nitrogens is 2. The summed E-state index contributed by atoms with van der Waals surface area (Å²) in [6.07, 6.45) is 10.5. The molecule has 4 rings (SSSR count). The second kappa shape index (κ2) is 3.56. The highest BCUT2D eigenvalue weighted by molar-refractivity contribution is 5.16. The summed E-state index contributed by atoms with van der Waals surface area (Å²) in [4.78, 5) is 6.98. The molecular weight excluding hydrogens is 212 g/mol. The van der Waals surface area contributed by atoms with Crippen molar-refractivity contribution in [1.82, 2.24) is 14.5 Å². The third kappa shape index (κ3) is 1.62. The van der Waals surface area contributed by atoms with Gasteiger partial charge in [0.2, 0.25) is 0 Å². The fourth-order valence-corrected chi connectivity index (χ4v) is 3.25. The molecule has 17 heavy (non-hydrogen) atoms. The molecule has 2 aliphatic carbocycles. The summed E-state index contributed by atoms with van der Waals surface area (Å²) in [6.45, 7) is 1.17. The fourth-order valence-electron chi connectivity index (χ4n) is 3.25. The Balaban J connectivity index is 1.68. The normalized spacial score (nSPS) is 34.4. The molecule has 0 bridgehead atoms. The number of nitrogens with zero attached hydrogens (tertiary/aromatic N) is 3. The van der Waals surface area contributed by atoms with E-state index in [0.29, 0.717) is 18.1 Å². The van der Waals surface area contributed by atoms with E-state index < -0.39 is 0 Å². The van der Waals surface area contributed by atoms with Gasteiger partial charge in [-0.3, -0.25) is 4.90 Å². The van der Waals surface area contributed by atoms with Gasteiger partial charge in [0, 0.05) is 30.9 Å². The number of likely N-dealkylation sites (tertiary alicyclic amines) is 1. The zero-order chi connectivity index (χ0) is 11.4. The molecule has 1 saturated heterocycles. The van der Waals surface area contributed by atoms with Crippen LogP contribution in [0.25, 0.3) is 0 Å². The smallest absolute Gasteiger partial charge is 0.0951 e. The Bertz CT molecular complexity index is 419. The molecule has 1 aromatic heterocycles. The quantitative estimate of drug-likeness (QED) is 0.858. The van der Waals surface area contributed by atoms with Crippen molar-refractivity contribution in [1.29, 1.82) is 0 Å². The van der Waals surface area contributed by atoms with E-state index >= 15 is 0 Å². The number of hydrogen-bond donors (Lipinski definition) is 1. The second-order valence-corrected chi connectivity index (χ2v) is 5.82. The third-order valence-electron chi connectivity index (χ3n) is 4.44. The van der Waals surface area contributed by atoms with Crippen LogP contribution in [0.3, 0.4) is 0 Å². The van der Waals surface area contributed by atoms with Crippen LogP contribution in [0, 0.1) is 0 Å². The molecule has 0 amide bonds. The van der Waals surface area contributed by atoms with Crippen molar-refractivity contribution in [2.75, 3.05) is 6.54 Å². The van der Waals surface area contributed by atoms with Crippen LogP contribution in [0.5, 0.6) is 0 Å². The second-order valence-electron chi connectivity index (χ2n) is 5.82. The molecule has 3 aliphatic rings. The molecule has 0 aromatic carbocycles. The monoisotopic (exact) mass is 232 g/mol. The molecule has 0 radical (unpaired) electrons. The van der Waals surface area contributed by atoms with Gasteiger partial charge >= 0.3 is 0 Å². The molecular formula is C13H20N4. The van der Waals surface area contributed by atoms with E-state index in [1.807, 2.05) is 12.5 Å². The Morgan fingerprint density at radius 2 is 1.88 bits per heavy atom. The Morgan fingerprint density at radius 1 is 1.12 bits per heavy atom. The van der Waals surface area contributed by atoms with Gasteiger partial charge in [0.15, 0.2) is 0 Å². The van der Waals surface area contributed by atoms with Crippen molar-refractivity contribution in [3.63, 3.8) is 0 Å². The van der Waals surface area contributed by atoms with Gasteiger partial charge in [-0.2, -0.15) is 0 Å². The van der Waals surface area contributed by atoms with E-state index in [2.05, 4.69) is 14.5 Å². The maximum absolute atomic E-state index is 6.33. The molecule has 2 N–H and O–H groups in total. The number of nitrogens with two attached hydrogens (primary N) is 1. The minimum absolute atomic E-state index is 0.296. The van der Waals surface area contributed by atoms with E-state index in [-0.39, 0.29) is 0 Å². The zero-order valence-electron chi connectivity index (χ0n) is 10.1. The van der Waals surface area contributed by atoms with Crippen LogP contribution in [0.1, 0.15) is 49.9 Å². The van der Waals surface area contributed by atoms with Gasteiger partial charge in [-0.05, 0) is 32.1 Å². The first-order valence-electron chi connectivity index (χ1n) is 6.87. The lowest BCUT2D eigenvalue weighted by atomic mass is 10.1. The molecule has 4 nitrogen and oxygen atoms in total. The van der Waals surface area contributed by atoms with Gasteiger partial charge in [0.05, 0.1) is 18.1 Å². The van der Waals surface area contributed by atoms with Crippen molar-refractivity contribution < 1.29 is 0 Å². The predicted octanol–water partition coefficient (Wildman–Crippen LogP) is 1.45. The highest BCUT2D eigenvalue weighted by atomic mass is 15.3. The van der Waals surface area contributed by atoms with Crippen LogP contribution in [-0.4, -0.2) is 33.1 Å². The summed E-state index contributed by atoms with van der Waals surface area (Å²) in [6, 6.07) is 2.23. The summed E-state index contributed by atoms with van der Waals surface area (Å²) >= 11 is 0. The van der Waals surface area contributed by atoms with Crippen LogP contribution >= 0.6 is 0 Å². The fraction of sp³-hybridized carbons (Fsp3) is 0.769. The van der Waals surface area contributed by atoms with Gasteiger partial charge in [-0.1, -0.05) is 0 Å².